The normalized spacial score (nSPS) is 31.4. The second kappa shape index (κ2) is 6.65. The van der Waals surface area contributed by atoms with Crippen LogP contribution in [-0.2, 0) is 0 Å². The SMILES string of the molecule is CC(c1ccc(Cl)cc1)N1CC2CCCC(N)C2C1.Cl. The lowest BCUT2D eigenvalue weighted by atomic mass is 9.78. The van der Waals surface area contributed by atoms with E-state index < -0.39 is 0 Å². The first kappa shape index (κ1) is 16.1. The van der Waals surface area contributed by atoms with Crippen LogP contribution in [0.1, 0.15) is 37.8 Å². The Hall–Kier alpha value is -0.280. The molecule has 0 radical (unpaired) electrons. The van der Waals surface area contributed by atoms with E-state index in [1.807, 2.05) is 12.1 Å². The number of rotatable bonds is 2. The second-order valence-corrected chi connectivity index (χ2v) is 6.64. The number of halogens is 2. The Labute approximate surface area is 133 Å². The molecule has 112 valence electrons. The Bertz CT molecular complexity index is 435. The van der Waals surface area contributed by atoms with Gasteiger partial charge >= 0.3 is 0 Å². The summed E-state index contributed by atoms with van der Waals surface area (Å²) in [5, 5.41) is 0.813. The molecule has 1 aliphatic heterocycles. The highest BCUT2D eigenvalue weighted by Gasteiger charge is 2.40. The van der Waals surface area contributed by atoms with Crippen molar-refractivity contribution >= 4 is 24.0 Å². The smallest absolute Gasteiger partial charge is 0.0406 e. The van der Waals surface area contributed by atoms with E-state index in [9.17, 15) is 0 Å². The first-order valence-corrected chi connectivity index (χ1v) is 7.78. The van der Waals surface area contributed by atoms with Crippen LogP contribution in [0.2, 0.25) is 5.02 Å². The predicted molar refractivity (Wildman–Crippen MR) is 87.5 cm³/mol. The quantitative estimate of drug-likeness (QED) is 0.897. The summed E-state index contributed by atoms with van der Waals surface area (Å²) < 4.78 is 0. The number of nitrogens with zero attached hydrogens (tertiary/aromatic N) is 1. The van der Waals surface area contributed by atoms with E-state index in [2.05, 4.69) is 24.0 Å². The number of benzene rings is 1. The molecule has 1 aliphatic carbocycles. The lowest BCUT2D eigenvalue weighted by Gasteiger charge is -2.30. The molecule has 2 nitrogen and oxygen atoms in total. The fraction of sp³-hybridized carbons (Fsp3) is 0.625. The first-order chi connectivity index (χ1) is 9.15. The van der Waals surface area contributed by atoms with Gasteiger partial charge in [0.25, 0.3) is 0 Å². The highest BCUT2D eigenvalue weighted by molar-refractivity contribution is 6.30. The van der Waals surface area contributed by atoms with E-state index >= 15 is 0 Å². The molecule has 1 heterocycles. The van der Waals surface area contributed by atoms with Crippen molar-refractivity contribution in [1.82, 2.24) is 4.90 Å². The van der Waals surface area contributed by atoms with Gasteiger partial charge in [-0.15, -0.1) is 12.4 Å². The van der Waals surface area contributed by atoms with Crippen molar-refractivity contribution in [3.63, 3.8) is 0 Å². The van der Waals surface area contributed by atoms with Crippen LogP contribution in [0.15, 0.2) is 24.3 Å². The third-order valence-electron chi connectivity index (χ3n) is 5.08. The summed E-state index contributed by atoms with van der Waals surface area (Å²) in [4.78, 5) is 2.60. The van der Waals surface area contributed by atoms with Gasteiger partial charge in [0.05, 0.1) is 0 Å². The molecule has 2 N–H and O–H groups in total. The minimum Gasteiger partial charge on any atom is -0.327 e. The van der Waals surface area contributed by atoms with Crippen LogP contribution in [-0.4, -0.2) is 24.0 Å². The molecule has 4 atom stereocenters. The lowest BCUT2D eigenvalue weighted by Crippen LogP contribution is -2.38. The van der Waals surface area contributed by atoms with Gasteiger partial charge < -0.3 is 5.73 Å². The van der Waals surface area contributed by atoms with Gasteiger partial charge in [-0.05, 0) is 49.3 Å². The Morgan fingerprint density at radius 2 is 1.90 bits per heavy atom. The molecule has 2 fully saturated rings. The topological polar surface area (TPSA) is 29.3 Å². The van der Waals surface area contributed by atoms with E-state index in [1.165, 1.54) is 31.4 Å². The van der Waals surface area contributed by atoms with Crippen LogP contribution in [0.25, 0.3) is 0 Å². The molecule has 1 saturated carbocycles. The zero-order valence-electron chi connectivity index (χ0n) is 12.0. The van der Waals surface area contributed by atoms with Gasteiger partial charge in [-0.3, -0.25) is 4.90 Å². The van der Waals surface area contributed by atoms with Gasteiger partial charge in [0.2, 0.25) is 0 Å². The van der Waals surface area contributed by atoms with E-state index in [0.29, 0.717) is 18.0 Å². The van der Waals surface area contributed by atoms with Crippen LogP contribution in [0.4, 0.5) is 0 Å². The largest absolute Gasteiger partial charge is 0.327 e. The fourth-order valence-electron chi connectivity index (χ4n) is 3.82. The summed E-state index contributed by atoms with van der Waals surface area (Å²) in [7, 11) is 0. The highest BCUT2D eigenvalue weighted by Crippen LogP contribution is 2.38. The lowest BCUT2D eigenvalue weighted by molar-refractivity contribution is 0.245. The van der Waals surface area contributed by atoms with Crippen molar-refractivity contribution in [2.24, 2.45) is 17.6 Å². The standard InChI is InChI=1S/C16H23ClN2.ClH/c1-11(12-5-7-14(17)8-6-12)19-9-13-3-2-4-16(18)15(13)10-19;/h5-8,11,13,15-16H,2-4,9-10,18H2,1H3;1H. The number of hydrogen-bond donors (Lipinski definition) is 1. The van der Waals surface area contributed by atoms with Gasteiger partial charge in [0.1, 0.15) is 0 Å². The van der Waals surface area contributed by atoms with E-state index in [0.717, 1.165) is 17.5 Å². The minimum atomic E-state index is 0. The molecule has 1 aromatic rings. The number of likely N-dealkylation sites (tertiary alicyclic amines) is 1. The molecular formula is C16H24Cl2N2. The van der Waals surface area contributed by atoms with Crippen LogP contribution in [0, 0.1) is 11.8 Å². The van der Waals surface area contributed by atoms with Crippen molar-refractivity contribution in [2.75, 3.05) is 13.1 Å². The van der Waals surface area contributed by atoms with Gasteiger partial charge in [-0.1, -0.05) is 30.2 Å². The number of hydrogen-bond acceptors (Lipinski definition) is 2. The maximum Gasteiger partial charge on any atom is 0.0406 e. The summed E-state index contributed by atoms with van der Waals surface area (Å²) in [6.45, 7) is 4.67. The van der Waals surface area contributed by atoms with Crippen molar-refractivity contribution in [3.8, 4) is 0 Å². The second-order valence-electron chi connectivity index (χ2n) is 6.20. The van der Waals surface area contributed by atoms with Crippen LogP contribution < -0.4 is 5.73 Å². The Morgan fingerprint density at radius 3 is 2.55 bits per heavy atom. The van der Waals surface area contributed by atoms with Crippen molar-refractivity contribution in [1.29, 1.82) is 0 Å². The summed E-state index contributed by atoms with van der Waals surface area (Å²) in [5.41, 5.74) is 7.65. The molecule has 1 aromatic carbocycles. The maximum atomic E-state index is 6.30. The summed E-state index contributed by atoms with van der Waals surface area (Å²) >= 11 is 5.96. The van der Waals surface area contributed by atoms with Crippen molar-refractivity contribution in [2.45, 2.75) is 38.3 Å². The Morgan fingerprint density at radius 1 is 1.20 bits per heavy atom. The predicted octanol–water partition coefficient (Wildman–Crippen LogP) is 3.88. The molecule has 3 rings (SSSR count). The molecule has 1 saturated heterocycles. The monoisotopic (exact) mass is 314 g/mol. The first-order valence-electron chi connectivity index (χ1n) is 7.40. The third kappa shape index (κ3) is 3.14. The van der Waals surface area contributed by atoms with E-state index in [1.54, 1.807) is 0 Å². The molecule has 2 aliphatic rings. The average Bonchev–Trinajstić information content (AvgIpc) is 2.84. The van der Waals surface area contributed by atoms with Crippen molar-refractivity contribution < 1.29 is 0 Å². The Balaban J connectivity index is 0.00000147. The average molecular weight is 315 g/mol. The summed E-state index contributed by atoms with van der Waals surface area (Å²) in [6.07, 6.45) is 3.89. The summed E-state index contributed by atoms with van der Waals surface area (Å²) in [5.74, 6) is 1.53. The van der Waals surface area contributed by atoms with Gasteiger partial charge in [0.15, 0.2) is 0 Å². The van der Waals surface area contributed by atoms with Gasteiger partial charge in [-0.25, -0.2) is 0 Å². The minimum absolute atomic E-state index is 0. The van der Waals surface area contributed by atoms with Crippen molar-refractivity contribution in [3.05, 3.63) is 34.9 Å². The molecule has 4 heteroatoms. The molecule has 0 spiro atoms. The Kier molecular flexibility index (Phi) is 5.36. The molecule has 0 bridgehead atoms. The van der Waals surface area contributed by atoms with Crippen LogP contribution in [0.3, 0.4) is 0 Å². The summed E-state index contributed by atoms with van der Waals surface area (Å²) in [6, 6.07) is 9.16. The maximum absolute atomic E-state index is 6.30. The molecule has 0 amide bonds. The van der Waals surface area contributed by atoms with Gasteiger partial charge in [-0.2, -0.15) is 0 Å². The number of fused-ring (bicyclic) bond motifs is 1. The van der Waals surface area contributed by atoms with Crippen LogP contribution >= 0.6 is 24.0 Å². The number of nitrogens with two attached hydrogens (primary N) is 1. The molecular weight excluding hydrogens is 291 g/mol. The highest BCUT2D eigenvalue weighted by atomic mass is 35.5. The molecule has 0 aromatic heterocycles. The van der Waals surface area contributed by atoms with Gasteiger partial charge in [0, 0.05) is 30.2 Å². The van der Waals surface area contributed by atoms with Crippen LogP contribution in [0.5, 0.6) is 0 Å². The molecule has 20 heavy (non-hydrogen) atoms. The third-order valence-corrected chi connectivity index (χ3v) is 5.33. The zero-order valence-corrected chi connectivity index (χ0v) is 13.5. The molecule has 4 unspecified atom stereocenters. The van der Waals surface area contributed by atoms with E-state index in [4.69, 9.17) is 17.3 Å². The van der Waals surface area contributed by atoms with E-state index in [-0.39, 0.29) is 12.4 Å². The fourth-order valence-corrected chi connectivity index (χ4v) is 3.95. The zero-order chi connectivity index (χ0) is 13.4.